The minimum atomic E-state index is -3.66. The highest BCUT2D eigenvalue weighted by Crippen LogP contribution is 2.34. The minimum absolute atomic E-state index is 0.0546. The lowest BCUT2D eigenvalue weighted by Gasteiger charge is -2.21. The predicted molar refractivity (Wildman–Crippen MR) is 77.7 cm³/mol. The molecule has 8 heteroatoms. The molecule has 0 aliphatic rings. The van der Waals surface area contributed by atoms with Crippen molar-refractivity contribution in [3.8, 4) is 0 Å². The molecule has 1 heterocycles. The van der Waals surface area contributed by atoms with Crippen LogP contribution in [0.2, 0.25) is 4.34 Å². The molecule has 0 bridgehead atoms. The van der Waals surface area contributed by atoms with Gasteiger partial charge in [0, 0.05) is 6.04 Å². The van der Waals surface area contributed by atoms with Crippen LogP contribution in [0.3, 0.4) is 0 Å². The summed E-state index contributed by atoms with van der Waals surface area (Å²) < 4.78 is 27.8. The average molecular weight is 377 g/mol. The first kappa shape index (κ1) is 16.4. The molecule has 0 spiro atoms. The SMILES string of the molecule is CCC(C)C(CO)NS(=O)(=O)c1sc(Cl)cc1Br. The summed E-state index contributed by atoms with van der Waals surface area (Å²) in [6.07, 6.45) is 0.778. The summed E-state index contributed by atoms with van der Waals surface area (Å²) in [6, 6.07) is 1.05. The summed E-state index contributed by atoms with van der Waals surface area (Å²) >= 11 is 9.92. The number of aliphatic hydroxyl groups is 1. The second-order valence-corrected chi connectivity index (χ2v) is 8.43. The maximum absolute atomic E-state index is 12.2. The summed E-state index contributed by atoms with van der Waals surface area (Å²) in [6.45, 7) is 3.60. The molecule has 0 aromatic carbocycles. The Morgan fingerprint density at radius 1 is 1.61 bits per heavy atom. The van der Waals surface area contributed by atoms with Crippen LogP contribution in [0.5, 0.6) is 0 Å². The lowest BCUT2D eigenvalue weighted by molar-refractivity contribution is 0.219. The van der Waals surface area contributed by atoms with E-state index in [1.807, 2.05) is 13.8 Å². The summed E-state index contributed by atoms with van der Waals surface area (Å²) in [5.41, 5.74) is 0. The molecular weight excluding hydrogens is 362 g/mol. The Morgan fingerprint density at radius 2 is 2.22 bits per heavy atom. The van der Waals surface area contributed by atoms with Gasteiger partial charge in [-0.15, -0.1) is 11.3 Å². The quantitative estimate of drug-likeness (QED) is 0.802. The molecule has 0 aliphatic heterocycles. The topological polar surface area (TPSA) is 66.4 Å². The largest absolute Gasteiger partial charge is 0.395 e. The Labute approximate surface area is 125 Å². The Hall–Kier alpha value is 0.340. The van der Waals surface area contributed by atoms with Crippen molar-refractivity contribution in [3.05, 3.63) is 14.9 Å². The highest BCUT2D eigenvalue weighted by molar-refractivity contribution is 9.10. The monoisotopic (exact) mass is 375 g/mol. The van der Waals surface area contributed by atoms with Gasteiger partial charge in [0.15, 0.2) is 4.21 Å². The van der Waals surface area contributed by atoms with Gasteiger partial charge in [0.2, 0.25) is 0 Å². The zero-order valence-electron chi connectivity index (χ0n) is 9.98. The van der Waals surface area contributed by atoms with E-state index in [4.69, 9.17) is 11.6 Å². The zero-order valence-corrected chi connectivity index (χ0v) is 14.0. The fraction of sp³-hybridized carbons (Fsp3) is 0.600. The predicted octanol–water partition coefficient (Wildman–Crippen LogP) is 2.85. The highest BCUT2D eigenvalue weighted by atomic mass is 79.9. The third kappa shape index (κ3) is 3.91. The van der Waals surface area contributed by atoms with Crippen molar-refractivity contribution < 1.29 is 13.5 Å². The Balaban J connectivity index is 2.97. The standard InChI is InChI=1S/C10H15BrClNO3S2/c1-3-6(2)8(5-14)13-18(15,16)10-7(11)4-9(12)17-10/h4,6,8,13-14H,3,5H2,1-2H3. The fourth-order valence-corrected chi connectivity index (χ4v) is 5.74. The third-order valence-electron chi connectivity index (χ3n) is 2.70. The number of hydrogen-bond donors (Lipinski definition) is 2. The van der Waals surface area contributed by atoms with E-state index in [1.54, 1.807) is 0 Å². The van der Waals surface area contributed by atoms with E-state index in [1.165, 1.54) is 6.07 Å². The van der Waals surface area contributed by atoms with E-state index < -0.39 is 16.1 Å². The van der Waals surface area contributed by atoms with Gasteiger partial charge in [-0.3, -0.25) is 0 Å². The van der Waals surface area contributed by atoms with Crippen LogP contribution < -0.4 is 4.72 Å². The first-order valence-corrected chi connectivity index (χ1v) is 8.86. The molecule has 0 saturated carbocycles. The van der Waals surface area contributed by atoms with E-state index in [2.05, 4.69) is 20.7 Å². The molecule has 104 valence electrons. The van der Waals surface area contributed by atoms with E-state index in [0.29, 0.717) is 8.81 Å². The van der Waals surface area contributed by atoms with Crippen molar-refractivity contribution in [2.45, 2.75) is 30.5 Å². The van der Waals surface area contributed by atoms with Gasteiger partial charge in [-0.2, -0.15) is 0 Å². The number of sulfonamides is 1. The molecule has 2 unspecified atom stereocenters. The lowest BCUT2D eigenvalue weighted by atomic mass is 10.0. The normalized spacial score (nSPS) is 15.6. The third-order valence-corrected chi connectivity index (χ3v) is 7.14. The van der Waals surface area contributed by atoms with Gasteiger partial charge in [-0.1, -0.05) is 31.9 Å². The lowest BCUT2D eigenvalue weighted by Crippen LogP contribution is -2.41. The highest BCUT2D eigenvalue weighted by Gasteiger charge is 2.26. The van der Waals surface area contributed by atoms with E-state index in [-0.39, 0.29) is 16.7 Å². The van der Waals surface area contributed by atoms with Crippen molar-refractivity contribution in [3.63, 3.8) is 0 Å². The van der Waals surface area contributed by atoms with Gasteiger partial charge in [0.25, 0.3) is 10.0 Å². The van der Waals surface area contributed by atoms with Gasteiger partial charge >= 0.3 is 0 Å². The van der Waals surface area contributed by atoms with Crippen molar-refractivity contribution in [2.24, 2.45) is 5.92 Å². The number of hydrogen-bond acceptors (Lipinski definition) is 4. The van der Waals surface area contributed by atoms with Gasteiger partial charge in [0.05, 0.1) is 15.4 Å². The van der Waals surface area contributed by atoms with E-state index in [0.717, 1.165) is 17.8 Å². The van der Waals surface area contributed by atoms with Gasteiger partial charge in [-0.05, 0) is 27.9 Å². The van der Waals surface area contributed by atoms with Crippen LogP contribution in [-0.4, -0.2) is 26.2 Å². The fourth-order valence-electron chi connectivity index (χ4n) is 1.38. The average Bonchev–Trinajstić information content (AvgIpc) is 2.65. The molecule has 0 aliphatic carbocycles. The molecule has 0 radical (unpaired) electrons. The molecule has 1 aromatic heterocycles. The molecule has 2 atom stereocenters. The first-order valence-electron chi connectivity index (χ1n) is 5.39. The van der Waals surface area contributed by atoms with Crippen molar-refractivity contribution >= 4 is 48.9 Å². The van der Waals surface area contributed by atoms with E-state index in [9.17, 15) is 13.5 Å². The van der Waals surface area contributed by atoms with Crippen LogP contribution in [0.1, 0.15) is 20.3 Å². The van der Waals surface area contributed by atoms with Crippen LogP contribution in [0, 0.1) is 5.92 Å². The smallest absolute Gasteiger partial charge is 0.251 e. The number of nitrogens with one attached hydrogen (secondary N) is 1. The summed E-state index contributed by atoms with van der Waals surface area (Å²) in [4.78, 5) is 0. The Bertz CT molecular complexity index is 503. The molecule has 4 nitrogen and oxygen atoms in total. The maximum Gasteiger partial charge on any atom is 0.251 e. The van der Waals surface area contributed by atoms with Crippen molar-refractivity contribution in [2.75, 3.05) is 6.61 Å². The molecule has 0 amide bonds. The second kappa shape index (κ2) is 6.67. The molecule has 0 fully saturated rings. The van der Waals surface area contributed by atoms with Gasteiger partial charge < -0.3 is 5.11 Å². The van der Waals surface area contributed by atoms with Crippen LogP contribution in [0.25, 0.3) is 0 Å². The summed E-state index contributed by atoms with van der Waals surface area (Å²) in [7, 11) is -3.66. The minimum Gasteiger partial charge on any atom is -0.395 e. The number of halogens is 2. The summed E-state index contributed by atoms with van der Waals surface area (Å²) in [5.74, 6) is 0.0546. The van der Waals surface area contributed by atoms with Crippen LogP contribution in [0.15, 0.2) is 14.7 Å². The Kier molecular flexibility index (Phi) is 6.08. The number of rotatable bonds is 6. The van der Waals surface area contributed by atoms with E-state index >= 15 is 0 Å². The van der Waals surface area contributed by atoms with Crippen molar-refractivity contribution in [1.29, 1.82) is 0 Å². The molecule has 0 saturated heterocycles. The summed E-state index contributed by atoms with van der Waals surface area (Å²) in [5, 5.41) is 9.25. The number of aliphatic hydroxyl groups excluding tert-OH is 1. The van der Waals surface area contributed by atoms with Gasteiger partial charge in [-0.25, -0.2) is 13.1 Å². The van der Waals surface area contributed by atoms with Crippen LogP contribution >= 0.6 is 38.9 Å². The molecule has 1 rings (SSSR count). The molecule has 1 aromatic rings. The van der Waals surface area contributed by atoms with Crippen LogP contribution in [-0.2, 0) is 10.0 Å². The number of thiophene rings is 1. The van der Waals surface area contributed by atoms with Crippen molar-refractivity contribution in [1.82, 2.24) is 4.72 Å². The molecular formula is C10H15BrClNO3S2. The van der Waals surface area contributed by atoms with Crippen LogP contribution in [0.4, 0.5) is 0 Å². The van der Waals surface area contributed by atoms with Gasteiger partial charge in [0.1, 0.15) is 0 Å². The molecule has 2 N–H and O–H groups in total. The Morgan fingerprint density at radius 3 is 2.61 bits per heavy atom. The second-order valence-electron chi connectivity index (χ2n) is 3.98. The maximum atomic E-state index is 12.2. The zero-order chi connectivity index (χ0) is 13.9. The first-order chi connectivity index (χ1) is 8.31. The molecule has 18 heavy (non-hydrogen) atoms.